The number of hydrogen-bond acceptors (Lipinski definition) is 4. The van der Waals surface area contributed by atoms with E-state index in [0.29, 0.717) is 23.1 Å². The predicted molar refractivity (Wildman–Crippen MR) is 111 cm³/mol. The first-order valence-electron chi connectivity index (χ1n) is 9.82. The van der Waals surface area contributed by atoms with Gasteiger partial charge in [-0.05, 0) is 71.5 Å². The van der Waals surface area contributed by atoms with Crippen LogP contribution in [-0.4, -0.2) is 37.7 Å². The third-order valence-electron chi connectivity index (χ3n) is 5.84. The van der Waals surface area contributed by atoms with Gasteiger partial charge >= 0.3 is 0 Å². The van der Waals surface area contributed by atoms with E-state index in [0.717, 1.165) is 29.0 Å². The molecule has 0 saturated carbocycles. The number of halogens is 2. The summed E-state index contributed by atoms with van der Waals surface area (Å²) in [4.78, 5) is 2.55. The minimum absolute atomic E-state index is 0.152. The molecule has 0 aromatic heterocycles. The monoisotopic (exact) mass is 448 g/mol. The molecule has 3 saturated heterocycles. The number of benzene rings is 2. The largest absolute Gasteiger partial charge is 0.493 e. The molecule has 2 bridgehead atoms. The lowest BCUT2D eigenvalue weighted by Gasteiger charge is -2.45. The first-order chi connectivity index (χ1) is 13.6. The Morgan fingerprint density at radius 1 is 1.21 bits per heavy atom. The quantitative estimate of drug-likeness (QED) is 0.681. The summed E-state index contributed by atoms with van der Waals surface area (Å²) in [6.07, 6.45) is 2.60. The summed E-state index contributed by atoms with van der Waals surface area (Å²) in [6, 6.07) is 11.2. The number of rotatable bonds is 7. The van der Waals surface area contributed by atoms with E-state index < -0.39 is 0 Å². The number of methoxy groups -OCH3 is 1. The summed E-state index contributed by atoms with van der Waals surface area (Å²) in [5, 5.41) is 3.72. The van der Waals surface area contributed by atoms with Crippen LogP contribution in [0.4, 0.5) is 4.39 Å². The summed E-state index contributed by atoms with van der Waals surface area (Å²) in [6.45, 7) is 4.58. The van der Waals surface area contributed by atoms with Gasteiger partial charge in [0, 0.05) is 24.7 Å². The van der Waals surface area contributed by atoms with Gasteiger partial charge in [-0.3, -0.25) is 0 Å². The molecule has 0 radical (unpaired) electrons. The zero-order valence-electron chi connectivity index (χ0n) is 16.1. The second kappa shape index (κ2) is 8.80. The molecule has 150 valence electrons. The molecule has 1 N–H and O–H groups in total. The minimum Gasteiger partial charge on any atom is -0.493 e. The zero-order chi connectivity index (χ0) is 19.5. The fraction of sp³-hybridized carbons (Fsp3) is 0.455. The lowest BCUT2D eigenvalue weighted by atomic mass is 9.84. The van der Waals surface area contributed by atoms with Gasteiger partial charge in [0.2, 0.25) is 0 Å². The Hall–Kier alpha value is -1.63. The van der Waals surface area contributed by atoms with Crippen LogP contribution in [0.15, 0.2) is 40.9 Å². The second-order valence-corrected chi connectivity index (χ2v) is 8.47. The highest BCUT2D eigenvalue weighted by molar-refractivity contribution is 9.10. The van der Waals surface area contributed by atoms with E-state index >= 15 is 0 Å². The van der Waals surface area contributed by atoms with Crippen molar-refractivity contribution in [2.75, 3.05) is 26.7 Å². The molecule has 2 aromatic rings. The fourth-order valence-electron chi connectivity index (χ4n) is 4.23. The Bertz CT molecular complexity index is 824. The zero-order valence-corrected chi connectivity index (χ0v) is 17.7. The smallest absolute Gasteiger partial charge is 0.175 e. The van der Waals surface area contributed by atoms with E-state index in [-0.39, 0.29) is 12.4 Å². The Labute approximate surface area is 174 Å². The molecular formula is C22H26BrFN2O2. The molecule has 3 aliphatic rings. The van der Waals surface area contributed by atoms with Crippen molar-refractivity contribution in [2.24, 2.45) is 5.92 Å². The maximum Gasteiger partial charge on any atom is 0.175 e. The number of fused-ring (bicyclic) bond motifs is 3. The van der Waals surface area contributed by atoms with E-state index in [1.165, 1.54) is 32.0 Å². The topological polar surface area (TPSA) is 33.7 Å². The summed E-state index contributed by atoms with van der Waals surface area (Å²) < 4.78 is 26.1. The first kappa shape index (κ1) is 19.7. The molecule has 3 fully saturated rings. The molecular weight excluding hydrogens is 423 g/mol. The van der Waals surface area contributed by atoms with Crippen LogP contribution < -0.4 is 14.8 Å². The first-order valence-corrected chi connectivity index (χ1v) is 10.6. The van der Waals surface area contributed by atoms with Crippen LogP contribution in [-0.2, 0) is 13.2 Å². The van der Waals surface area contributed by atoms with E-state index in [1.54, 1.807) is 25.3 Å². The van der Waals surface area contributed by atoms with Crippen molar-refractivity contribution in [1.82, 2.24) is 10.2 Å². The molecule has 3 heterocycles. The highest BCUT2D eigenvalue weighted by Gasteiger charge is 2.33. The van der Waals surface area contributed by atoms with E-state index in [9.17, 15) is 4.39 Å². The molecule has 0 aliphatic carbocycles. The molecule has 6 heteroatoms. The summed E-state index contributed by atoms with van der Waals surface area (Å²) in [5.41, 5.74) is 1.66. The van der Waals surface area contributed by atoms with Crippen molar-refractivity contribution < 1.29 is 13.9 Å². The second-order valence-electron chi connectivity index (χ2n) is 7.61. The maximum atomic E-state index is 13.8. The SMILES string of the molecule is COc1cc(CNC2CN3CCC2CC3)cc(Br)c1OCc1ccccc1F. The molecule has 5 rings (SSSR count). The van der Waals surface area contributed by atoms with E-state index in [4.69, 9.17) is 9.47 Å². The molecule has 3 aliphatic heterocycles. The van der Waals surface area contributed by atoms with Gasteiger partial charge in [-0.1, -0.05) is 18.2 Å². The normalized spacial score (nSPS) is 23.6. The van der Waals surface area contributed by atoms with Crippen molar-refractivity contribution in [1.29, 1.82) is 0 Å². The standard InChI is InChI=1S/C22H26BrFN2O2/c1-27-21-11-15(12-25-20-13-26-8-6-16(20)7-9-26)10-18(23)22(21)28-14-17-4-2-3-5-19(17)24/h2-5,10-11,16,20,25H,6-9,12-14H2,1H3. The average Bonchev–Trinajstić information content (AvgIpc) is 2.73. The number of hydrogen-bond donors (Lipinski definition) is 1. The van der Waals surface area contributed by atoms with Crippen molar-refractivity contribution in [2.45, 2.75) is 32.0 Å². The third kappa shape index (κ3) is 4.34. The Morgan fingerprint density at radius 2 is 2.00 bits per heavy atom. The van der Waals surface area contributed by atoms with Gasteiger partial charge in [-0.2, -0.15) is 0 Å². The average molecular weight is 449 g/mol. The molecule has 1 unspecified atom stereocenters. The summed E-state index contributed by atoms with van der Waals surface area (Å²) >= 11 is 3.59. The number of piperidine rings is 3. The fourth-order valence-corrected chi connectivity index (χ4v) is 4.83. The maximum absolute atomic E-state index is 13.8. The molecule has 1 atom stereocenters. The summed E-state index contributed by atoms with van der Waals surface area (Å²) in [5.74, 6) is 1.77. The van der Waals surface area contributed by atoms with Gasteiger partial charge in [-0.15, -0.1) is 0 Å². The van der Waals surface area contributed by atoms with Gasteiger partial charge in [0.15, 0.2) is 11.5 Å². The minimum atomic E-state index is -0.268. The van der Waals surface area contributed by atoms with E-state index in [2.05, 4.69) is 26.1 Å². The van der Waals surface area contributed by atoms with Crippen LogP contribution in [0.25, 0.3) is 0 Å². The van der Waals surface area contributed by atoms with Crippen LogP contribution in [0.5, 0.6) is 11.5 Å². The summed E-state index contributed by atoms with van der Waals surface area (Å²) in [7, 11) is 1.63. The number of ether oxygens (including phenoxy) is 2. The van der Waals surface area contributed by atoms with E-state index in [1.807, 2.05) is 12.1 Å². The van der Waals surface area contributed by atoms with Crippen LogP contribution >= 0.6 is 15.9 Å². The Kier molecular flexibility index (Phi) is 6.19. The van der Waals surface area contributed by atoms with Crippen LogP contribution in [0.2, 0.25) is 0 Å². The van der Waals surface area contributed by atoms with Crippen molar-refractivity contribution in [3.8, 4) is 11.5 Å². The Balaban J connectivity index is 1.42. The predicted octanol–water partition coefficient (Wildman–Crippen LogP) is 4.36. The van der Waals surface area contributed by atoms with Gasteiger partial charge in [-0.25, -0.2) is 4.39 Å². The third-order valence-corrected chi connectivity index (χ3v) is 6.43. The van der Waals surface area contributed by atoms with Crippen LogP contribution in [0, 0.1) is 11.7 Å². The highest BCUT2D eigenvalue weighted by atomic mass is 79.9. The van der Waals surface area contributed by atoms with Gasteiger partial charge in [0.25, 0.3) is 0 Å². The number of nitrogens with zero attached hydrogens (tertiary/aromatic N) is 1. The molecule has 0 spiro atoms. The van der Waals surface area contributed by atoms with Gasteiger partial charge < -0.3 is 19.7 Å². The number of nitrogens with one attached hydrogen (secondary N) is 1. The molecule has 2 aromatic carbocycles. The van der Waals surface area contributed by atoms with Crippen LogP contribution in [0.3, 0.4) is 0 Å². The van der Waals surface area contributed by atoms with Gasteiger partial charge in [0.05, 0.1) is 11.6 Å². The molecule has 0 amide bonds. The molecule has 28 heavy (non-hydrogen) atoms. The van der Waals surface area contributed by atoms with Crippen molar-refractivity contribution in [3.63, 3.8) is 0 Å². The molecule has 4 nitrogen and oxygen atoms in total. The van der Waals surface area contributed by atoms with Crippen molar-refractivity contribution >= 4 is 15.9 Å². The van der Waals surface area contributed by atoms with Gasteiger partial charge in [0.1, 0.15) is 12.4 Å². The lowest BCUT2D eigenvalue weighted by molar-refractivity contribution is 0.0720. The van der Waals surface area contributed by atoms with Crippen molar-refractivity contribution in [3.05, 3.63) is 57.8 Å². The Morgan fingerprint density at radius 3 is 2.68 bits per heavy atom. The lowest BCUT2D eigenvalue weighted by Crippen LogP contribution is -2.55. The van der Waals surface area contributed by atoms with Crippen LogP contribution in [0.1, 0.15) is 24.0 Å². The highest BCUT2D eigenvalue weighted by Crippen LogP contribution is 2.37.